The highest BCUT2D eigenvalue weighted by Crippen LogP contribution is 2.55. The molecule has 5 nitrogen and oxygen atoms in total. The number of benzene rings is 1. The topological polar surface area (TPSA) is 76.3 Å². The number of primary sulfonamides is 1. The second-order valence-electron chi connectivity index (χ2n) is 6.68. The van der Waals surface area contributed by atoms with E-state index >= 15 is 0 Å². The number of aromatic nitrogens is 1. The van der Waals surface area contributed by atoms with Gasteiger partial charge in [-0.2, -0.15) is 0 Å². The van der Waals surface area contributed by atoms with Crippen molar-refractivity contribution in [2.45, 2.75) is 36.0 Å². The quantitative estimate of drug-likeness (QED) is 0.926. The van der Waals surface area contributed by atoms with Gasteiger partial charge in [0.2, 0.25) is 10.0 Å². The van der Waals surface area contributed by atoms with E-state index in [0.29, 0.717) is 5.92 Å². The molecule has 1 aliphatic carbocycles. The molecule has 1 aromatic heterocycles. The lowest BCUT2D eigenvalue weighted by Gasteiger charge is -2.16. The van der Waals surface area contributed by atoms with Crippen LogP contribution in [0.1, 0.15) is 42.2 Å². The second kappa shape index (κ2) is 5.86. The Morgan fingerprint density at radius 2 is 1.79 bits per heavy atom. The molecule has 0 spiro atoms. The molecule has 2 heterocycles. The number of rotatable bonds is 4. The van der Waals surface area contributed by atoms with E-state index in [4.69, 9.17) is 5.14 Å². The lowest BCUT2D eigenvalue weighted by molar-refractivity contribution is 0.596. The van der Waals surface area contributed by atoms with Crippen molar-refractivity contribution >= 4 is 15.8 Å². The Labute approximate surface area is 142 Å². The molecule has 1 saturated heterocycles. The Hall–Kier alpha value is -1.92. The van der Waals surface area contributed by atoms with Crippen molar-refractivity contribution in [3.05, 3.63) is 53.7 Å². The molecular weight excluding hydrogens is 322 g/mol. The Bertz CT molecular complexity index is 843. The molecule has 1 aliphatic heterocycles. The molecule has 2 unspecified atom stereocenters. The molecule has 2 aliphatic rings. The summed E-state index contributed by atoms with van der Waals surface area (Å²) in [4.78, 5) is 7.16. The molecule has 0 bridgehead atoms. The van der Waals surface area contributed by atoms with Crippen LogP contribution in [0, 0.1) is 0 Å². The number of sulfonamides is 1. The van der Waals surface area contributed by atoms with Crippen molar-refractivity contribution in [3.8, 4) is 0 Å². The molecule has 0 radical (unpaired) electrons. The molecule has 0 amide bonds. The number of hydrogen-bond acceptors (Lipinski definition) is 4. The van der Waals surface area contributed by atoms with Gasteiger partial charge in [-0.05, 0) is 54.4 Å². The van der Waals surface area contributed by atoms with Crippen LogP contribution in [0.15, 0.2) is 47.5 Å². The zero-order valence-corrected chi connectivity index (χ0v) is 14.2. The lowest BCUT2D eigenvalue weighted by atomic mass is 10.1. The Morgan fingerprint density at radius 3 is 2.46 bits per heavy atom. The van der Waals surface area contributed by atoms with Crippen molar-refractivity contribution in [1.82, 2.24) is 4.98 Å². The van der Waals surface area contributed by atoms with Gasteiger partial charge in [0, 0.05) is 19.3 Å². The second-order valence-corrected chi connectivity index (χ2v) is 8.21. The average molecular weight is 343 g/mol. The van der Waals surface area contributed by atoms with Gasteiger partial charge in [-0.3, -0.25) is 0 Å². The molecule has 2 N–H and O–H groups in total. The summed E-state index contributed by atoms with van der Waals surface area (Å²) in [5, 5.41) is 5.35. The van der Waals surface area contributed by atoms with Gasteiger partial charge >= 0.3 is 0 Å². The first-order valence-electron chi connectivity index (χ1n) is 8.36. The number of nitrogens with two attached hydrogens (primary N) is 1. The summed E-state index contributed by atoms with van der Waals surface area (Å²) in [5.41, 5.74) is 2.00. The van der Waals surface area contributed by atoms with Crippen LogP contribution in [-0.4, -0.2) is 26.5 Å². The van der Waals surface area contributed by atoms with E-state index < -0.39 is 10.0 Å². The summed E-state index contributed by atoms with van der Waals surface area (Å²) in [5.74, 6) is 1.57. The summed E-state index contributed by atoms with van der Waals surface area (Å²) in [6.07, 6.45) is 5.35. The number of pyridine rings is 1. The fourth-order valence-electron chi connectivity index (χ4n) is 3.70. The van der Waals surface area contributed by atoms with Crippen molar-refractivity contribution in [2.75, 3.05) is 18.0 Å². The van der Waals surface area contributed by atoms with Crippen LogP contribution >= 0.6 is 0 Å². The van der Waals surface area contributed by atoms with E-state index in [9.17, 15) is 8.42 Å². The van der Waals surface area contributed by atoms with Crippen molar-refractivity contribution in [3.63, 3.8) is 0 Å². The van der Waals surface area contributed by atoms with Gasteiger partial charge in [0.25, 0.3) is 0 Å². The molecule has 2 fully saturated rings. The monoisotopic (exact) mass is 343 g/mol. The van der Waals surface area contributed by atoms with Crippen molar-refractivity contribution in [1.29, 1.82) is 0 Å². The molecule has 24 heavy (non-hydrogen) atoms. The number of nitrogens with zero attached hydrogens (tertiary/aromatic N) is 2. The predicted molar refractivity (Wildman–Crippen MR) is 93.6 cm³/mol. The summed E-state index contributed by atoms with van der Waals surface area (Å²) in [6, 6.07) is 11.3. The first-order valence-corrected chi connectivity index (χ1v) is 9.91. The first-order chi connectivity index (χ1) is 11.5. The standard InChI is InChI=1S/C18H21N3O2S/c19-24(22,23)17-6-2-1-5-14(17)16-11-15(16)13-7-8-18(20-12-13)21-9-3-4-10-21/h1-2,5-8,12,15-16H,3-4,9-11H2,(H2,19,22,23). The SMILES string of the molecule is NS(=O)(=O)c1ccccc1C1CC1c1ccc(N2CCCC2)nc1. The third-order valence-corrected chi connectivity index (χ3v) is 6.03. The zero-order chi connectivity index (χ0) is 16.7. The van der Waals surface area contributed by atoms with Crippen LogP contribution < -0.4 is 10.0 Å². The molecule has 126 valence electrons. The van der Waals surface area contributed by atoms with Crippen LogP contribution in [0.2, 0.25) is 0 Å². The maximum atomic E-state index is 11.8. The van der Waals surface area contributed by atoms with E-state index in [1.807, 2.05) is 18.3 Å². The highest BCUT2D eigenvalue weighted by atomic mass is 32.2. The average Bonchev–Trinajstić information content (AvgIpc) is 3.19. The van der Waals surface area contributed by atoms with E-state index in [-0.39, 0.29) is 10.8 Å². The third-order valence-electron chi connectivity index (χ3n) is 5.04. The van der Waals surface area contributed by atoms with Gasteiger partial charge in [0.1, 0.15) is 5.82 Å². The predicted octanol–water partition coefficient (Wildman–Crippen LogP) is 2.60. The Morgan fingerprint density at radius 1 is 1.04 bits per heavy atom. The fourth-order valence-corrected chi connectivity index (χ4v) is 4.52. The van der Waals surface area contributed by atoms with Gasteiger partial charge < -0.3 is 4.90 Å². The smallest absolute Gasteiger partial charge is 0.238 e. The van der Waals surface area contributed by atoms with Crippen molar-refractivity contribution < 1.29 is 8.42 Å². The van der Waals surface area contributed by atoms with Crippen LogP contribution in [0.4, 0.5) is 5.82 Å². The van der Waals surface area contributed by atoms with E-state index in [1.54, 1.807) is 12.1 Å². The molecule has 6 heteroatoms. The number of anilines is 1. The maximum absolute atomic E-state index is 11.8. The van der Waals surface area contributed by atoms with Crippen LogP contribution in [0.5, 0.6) is 0 Å². The third kappa shape index (κ3) is 2.91. The largest absolute Gasteiger partial charge is 0.357 e. The molecular formula is C18H21N3O2S. The molecule has 2 aromatic rings. The molecule has 1 aromatic carbocycles. The Kier molecular flexibility index (Phi) is 3.81. The van der Waals surface area contributed by atoms with Crippen LogP contribution in [-0.2, 0) is 10.0 Å². The van der Waals surface area contributed by atoms with E-state index in [2.05, 4.69) is 22.0 Å². The summed E-state index contributed by atoms with van der Waals surface area (Å²) in [7, 11) is -3.68. The molecule has 4 rings (SSSR count). The minimum Gasteiger partial charge on any atom is -0.357 e. The Balaban J connectivity index is 1.55. The fraction of sp³-hybridized carbons (Fsp3) is 0.389. The van der Waals surface area contributed by atoms with Gasteiger partial charge in [-0.15, -0.1) is 0 Å². The van der Waals surface area contributed by atoms with Gasteiger partial charge in [-0.1, -0.05) is 24.3 Å². The molecule has 2 atom stereocenters. The first kappa shape index (κ1) is 15.6. The van der Waals surface area contributed by atoms with Gasteiger partial charge in [0.15, 0.2) is 0 Å². The summed E-state index contributed by atoms with van der Waals surface area (Å²) in [6.45, 7) is 2.17. The lowest BCUT2D eigenvalue weighted by Crippen LogP contribution is -2.18. The minimum atomic E-state index is -3.68. The zero-order valence-electron chi connectivity index (χ0n) is 13.4. The highest BCUT2D eigenvalue weighted by Gasteiger charge is 2.41. The number of hydrogen-bond donors (Lipinski definition) is 1. The van der Waals surface area contributed by atoms with Gasteiger partial charge in [-0.25, -0.2) is 18.5 Å². The highest BCUT2D eigenvalue weighted by molar-refractivity contribution is 7.89. The van der Waals surface area contributed by atoms with Crippen molar-refractivity contribution in [2.24, 2.45) is 5.14 Å². The normalized spacial score (nSPS) is 23.5. The molecule has 1 saturated carbocycles. The van der Waals surface area contributed by atoms with Gasteiger partial charge in [0.05, 0.1) is 4.90 Å². The summed E-state index contributed by atoms with van der Waals surface area (Å²) < 4.78 is 23.6. The van der Waals surface area contributed by atoms with Crippen LogP contribution in [0.25, 0.3) is 0 Å². The maximum Gasteiger partial charge on any atom is 0.238 e. The van der Waals surface area contributed by atoms with E-state index in [0.717, 1.165) is 30.9 Å². The minimum absolute atomic E-state index is 0.207. The summed E-state index contributed by atoms with van der Waals surface area (Å²) >= 11 is 0. The van der Waals surface area contributed by atoms with E-state index in [1.165, 1.54) is 18.4 Å². The van der Waals surface area contributed by atoms with Crippen LogP contribution in [0.3, 0.4) is 0 Å².